The van der Waals surface area contributed by atoms with Crippen molar-refractivity contribution in [3.63, 3.8) is 0 Å². The molecule has 4 nitrogen and oxygen atoms in total. The molecular weight excluding hydrogens is 192 g/mol. The maximum atomic E-state index is 11.9. The van der Waals surface area contributed by atoms with Gasteiger partial charge in [-0.1, -0.05) is 0 Å². The molecule has 1 aliphatic carbocycles. The average molecular weight is 212 g/mol. The lowest BCUT2D eigenvalue weighted by Crippen LogP contribution is -2.57. The van der Waals surface area contributed by atoms with Crippen LogP contribution in [-0.4, -0.2) is 49.7 Å². The molecule has 1 atom stereocenters. The fourth-order valence-corrected chi connectivity index (χ4v) is 1.95. The van der Waals surface area contributed by atoms with E-state index in [1.807, 2.05) is 14.0 Å². The molecule has 1 saturated heterocycles. The predicted molar refractivity (Wildman–Crippen MR) is 57.6 cm³/mol. The molecule has 15 heavy (non-hydrogen) atoms. The Morgan fingerprint density at radius 3 is 2.93 bits per heavy atom. The fraction of sp³-hybridized carbons (Fsp3) is 0.909. The van der Waals surface area contributed by atoms with Crippen LogP contribution in [0, 0.1) is 5.92 Å². The van der Waals surface area contributed by atoms with Crippen molar-refractivity contribution >= 4 is 5.91 Å². The molecule has 0 aromatic rings. The van der Waals surface area contributed by atoms with E-state index in [1.54, 1.807) is 0 Å². The summed E-state index contributed by atoms with van der Waals surface area (Å²) in [7, 11) is 2.02. The highest BCUT2D eigenvalue weighted by molar-refractivity contribution is 5.85. The predicted octanol–water partition coefficient (Wildman–Crippen LogP) is 0.233. The molecule has 4 heteroatoms. The summed E-state index contributed by atoms with van der Waals surface area (Å²) >= 11 is 0. The van der Waals surface area contributed by atoms with Gasteiger partial charge in [0.15, 0.2) is 5.60 Å². The molecule has 0 bridgehead atoms. The Bertz CT molecular complexity index is 253. The van der Waals surface area contributed by atoms with E-state index in [1.165, 1.54) is 12.8 Å². The maximum Gasteiger partial charge on any atom is 0.253 e. The number of hydrogen-bond donors (Lipinski definition) is 1. The van der Waals surface area contributed by atoms with Gasteiger partial charge in [0, 0.05) is 19.6 Å². The normalized spacial score (nSPS) is 32.7. The van der Waals surface area contributed by atoms with Crippen LogP contribution in [0.5, 0.6) is 0 Å². The first-order valence-corrected chi connectivity index (χ1v) is 5.71. The molecule has 1 N–H and O–H groups in total. The van der Waals surface area contributed by atoms with Crippen molar-refractivity contribution in [2.75, 3.05) is 33.3 Å². The van der Waals surface area contributed by atoms with Gasteiger partial charge >= 0.3 is 0 Å². The van der Waals surface area contributed by atoms with Gasteiger partial charge in [0.2, 0.25) is 0 Å². The topological polar surface area (TPSA) is 41.6 Å². The molecule has 86 valence electrons. The largest absolute Gasteiger partial charge is 0.363 e. The van der Waals surface area contributed by atoms with Crippen LogP contribution in [0.25, 0.3) is 0 Å². The van der Waals surface area contributed by atoms with Crippen LogP contribution in [0.3, 0.4) is 0 Å². The molecule has 2 fully saturated rings. The second-order valence-electron chi connectivity index (χ2n) is 4.97. The van der Waals surface area contributed by atoms with Gasteiger partial charge in [-0.05, 0) is 32.7 Å². The maximum absolute atomic E-state index is 11.9. The monoisotopic (exact) mass is 212 g/mol. The molecule has 0 radical (unpaired) electrons. The molecule has 1 amide bonds. The summed E-state index contributed by atoms with van der Waals surface area (Å²) in [6.07, 6.45) is 2.52. The van der Waals surface area contributed by atoms with Crippen molar-refractivity contribution in [1.82, 2.24) is 10.2 Å². The lowest BCUT2D eigenvalue weighted by atomic mass is 10.0. The van der Waals surface area contributed by atoms with Crippen molar-refractivity contribution in [2.45, 2.75) is 25.4 Å². The van der Waals surface area contributed by atoms with Gasteiger partial charge in [-0.3, -0.25) is 4.79 Å². The van der Waals surface area contributed by atoms with E-state index in [4.69, 9.17) is 4.74 Å². The van der Waals surface area contributed by atoms with Gasteiger partial charge in [-0.25, -0.2) is 0 Å². The van der Waals surface area contributed by atoms with E-state index in [0.29, 0.717) is 13.2 Å². The first-order valence-electron chi connectivity index (χ1n) is 5.71. The number of likely N-dealkylation sites (N-methyl/N-ethyl adjacent to an activating group) is 1. The van der Waals surface area contributed by atoms with E-state index in [-0.39, 0.29) is 5.91 Å². The third-order valence-corrected chi connectivity index (χ3v) is 3.19. The van der Waals surface area contributed by atoms with Gasteiger partial charge in [-0.2, -0.15) is 0 Å². The number of morpholine rings is 1. The summed E-state index contributed by atoms with van der Waals surface area (Å²) in [5, 5.41) is 2.98. The van der Waals surface area contributed by atoms with Crippen molar-refractivity contribution in [3.8, 4) is 0 Å². The highest BCUT2D eigenvalue weighted by atomic mass is 16.5. The Kier molecular flexibility index (Phi) is 2.98. The minimum atomic E-state index is -0.651. The summed E-state index contributed by atoms with van der Waals surface area (Å²) in [6.45, 7) is 4.94. The van der Waals surface area contributed by atoms with Crippen molar-refractivity contribution in [2.24, 2.45) is 5.92 Å². The Morgan fingerprint density at radius 1 is 1.60 bits per heavy atom. The zero-order chi connectivity index (χ0) is 10.9. The van der Waals surface area contributed by atoms with Crippen LogP contribution in [-0.2, 0) is 9.53 Å². The number of hydrogen-bond acceptors (Lipinski definition) is 3. The average Bonchev–Trinajstić information content (AvgIpc) is 2.97. The van der Waals surface area contributed by atoms with E-state index >= 15 is 0 Å². The molecule has 0 spiro atoms. The number of nitrogens with one attached hydrogen (secondary N) is 1. The van der Waals surface area contributed by atoms with Crippen LogP contribution >= 0.6 is 0 Å². The molecule has 2 aliphatic rings. The number of rotatable bonds is 3. The number of nitrogens with zero attached hydrogens (tertiary/aromatic N) is 1. The second kappa shape index (κ2) is 4.10. The van der Waals surface area contributed by atoms with E-state index < -0.39 is 5.60 Å². The van der Waals surface area contributed by atoms with E-state index in [2.05, 4.69) is 10.2 Å². The van der Waals surface area contributed by atoms with E-state index in [9.17, 15) is 4.79 Å². The van der Waals surface area contributed by atoms with Crippen LogP contribution in [0.4, 0.5) is 0 Å². The summed E-state index contributed by atoms with van der Waals surface area (Å²) in [5.74, 6) is 0.764. The Hall–Kier alpha value is -0.610. The number of carbonyl (C=O) groups excluding carboxylic acids is 1. The second-order valence-corrected chi connectivity index (χ2v) is 4.97. The lowest BCUT2D eigenvalue weighted by molar-refractivity contribution is -0.155. The van der Waals surface area contributed by atoms with Crippen LogP contribution in [0.2, 0.25) is 0 Å². The third kappa shape index (κ3) is 2.69. The highest BCUT2D eigenvalue weighted by Crippen LogP contribution is 2.28. The lowest BCUT2D eigenvalue weighted by Gasteiger charge is -2.37. The molecule has 2 rings (SSSR count). The molecule has 0 unspecified atom stereocenters. The minimum absolute atomic E-state index is 0.0425. The quantitative estimate of drug-likeness (QED) is 0.728. The highest BCUT2D eigenvalue weighted by Gasteiger charge is 2.38. The standard InChI is InChI=1S/C11H20N2O2/c1-11(8-13(2)5-6-15-11)10(14)12-7-9-3-4-9/h9H,3-8H2,1-2H3,(H,12,14)/t11-/m0/s1. The Labute approximate surface area is 91.0 Å². The minimum Gasteiger partial charge on any atom is -0.363 e. The van der Waals surface area contributed by atoms with Gasteiger partial charge in [-0.15, -0.1) is 0 Å². The SMILES string of the molecule is CN1CCO[C@](C)(C(=O)NCC2CC2)C1. The summed E-state index contributed by atoms with van der Waals surface area (Å²) in [5.41, 5.74) is -0.651. The van der Waals surface area contributed by atoms with Crippen LogP contribution in [0.1, 0.15) is 19.8 Å². The van der Waals surface area contributed by atoms with Crippen molar-refractivity contribution in [3.05, 3.63) is 0 Å². The number of amides is 1. The fourth-order valence-electron chi connectivity index (χ4n) is 1.95. The first kappa shape index (κ1) is 10.9. The van der Waals surface area contributed by atoms with Gasteiger partial charge in [0.1, 0.15) is 0 Å². The molecule has 1 heterocycles. The third-order valence-electron chi connectivity index (χ3n) is 3.19. The smallest absolute Gasteiger partial charge is 0.253 e. The van der Waals surface area contributed by atoms with E-state index in [0.717, 1.165) is 19.0 Å². The van der Waals surface area contributed by atoms with Gasteiger partial charge in [0.05, 0.1) is 6.61 Å². The van der Waals surface area contributed by atoms with Crippen molar-refractivity contribution < 1.29 is 9.53 Å². The van der Waals surface area contributed by atoms with Crippen LogP contribution in [0.15, 0.2) is 0 Å². The Morgan fingerprint density at radius 2 is 2.33 bits per heavy atom. The molecular formula is C11H20N2O2. The molecule has 1 aliphatic heterocycles. The summed E-state index contributed by atoms with van der Waals surface area (Å²) in [6, 6.07) is 0. The van der Waals surface area contributed by atoms with Crippen molar-refractivity contribution in [1.29, 1.82) is 0 Å². The first-order chi connectivity index (χ1) is 7.10. The van der Waals surface area contributed by atoms with Gasteiger partial charge in [0.25, 0.3) is 5.91 Å². The van der Waals surface area contributed by atoms with Gasteiger partial charge < -0.3 is 15.0 Å². The summed E-state index contributed by atoms with van der Waals surface area (Å²) < 4.78 is 5.60. The molecule has 0 aromatic heterocycles. The number of ether oxygens (including phenoxy) is 1. The zero-order valence-electron chi connectivity index (χ0n) is 9.58. The number of carbonyl (C=O) groups is 1. The summed E-state index contributed by atoms with van der Waals surface area (Å²) in [4.78, 5) is 14.1. The van der Waals surface area contributed by atoms with Crippen LogP contribution < -0.4 is 5.32 Å². The Balaban J connectivity index is 1.85. The molecule has 0 aromatic carbocycles. The molecule has 1 saturated carbocycles. The zero-order valence-corrected chi connectivity index (χ0v) is 9.58.